The Morgan fingerprint density at radius 1 is 0.950 bits per heavy atom. The van der Waals surface area contributed by atoms with Gasteiger partial charge in [0.05, 0.1) is 25.5 Å². The zero-order chi connectivity index (χ0) is 13.9. The minimum absolute atomic E-state index is 0.269. The average Bonchev–Trinajstić information content (AvgIpc) is 2.53. The van der Waals surface area contributed by atoms with Crippen LogP contribution in [0.1, 0.15) is 0 Å². The topological polar surface area (TPSA) is 57.1 Å². The van der Waals surface area contributed by atoms with Gasteiger partial charge in [-0.25, -0.2) is 4.98 Å². The predicted molar refractivity (Wildman–Crippen MR) is 75.9 cm³/mol. The Kier molecular flexibility index (Phi) is 3.16. The largest absolute Gasteiger partial charge is 0.480 e. The number of hydrogen-bond donors (Lipinski definition) is 0. The Morgan fingerprint density at radius 2 is 1.80 bits per heavy atom. The number of nitrogens with zero attached hydrogens (tertiary/aromatic N) is 3. The Hall–Kier alpha value is -2.69. The Labute approximate surface area is 116 Å². The minimum Gasteiger partial charge on any atom is -0.480 e. The molecule has 0 amide bonds. The quantitative estimate of drug-likeness (QED) is 0.730. The third-order valence-electron chi connectivity index (χ3n) is 3.04. The number of ether oxygens (including phenoxy) is 2. The summed E-state index contributed by atoms with van der Waals surface area (Å²) < 4.78 is 10.3. The van der Waals surface area contributed by atoms with E-state index >= 15 is 0 Å². The van der Waals surface area contributed by atoms with Gasteiger partial charge in [-0.05, 0) is 11.5 Å². The van der Waals surface area contributed by atoms with Gasteiger partial charge in [-0.1, -0.05) is 24.3 Å². The molecule has 0 fully saturated rings. The summed E-state index contributed by atoms with van der Waals surface area (Å²) in [5.74, 6) is 0.445. The highest BCUT2D eigenvalue weighted by Gasteiger charge is 2.13. The zero-order valence-electron chi connectivity index (χ0n) is 11.2. The van der Waals surface area contributed by atoms with Crippen molar-refractivity contribution in [3.8, 4) is 23.1 Å². The molecule has 3 rings (SSSR count). The maximum Gasteiger partial charge on any atom is 0.319 e. The summed E-state index contributed by atoms with van der Waals surface area (Å²) in [7, 11) is 3.08. The van der Waals surface area contributed by atoms with E-state index in [1.807, 2.05) is 30.3 Å². The van der Waals surface area contributed by atoms with Gasteiger partial charge < -0.3 is 9.47 Å². The molecule has 0 aliphatic heterocycles. The van der Waals surface area contributed by atoms with Gasteiger partial charge in [-0.3, -0.25) is 4.98 Å². The summed E-state index contributed by atoms with van der Waals surface area (Å²) in [5, 5.41) is 2.14. The second-order valence-electron chi connectivity index (χ2n) is 4.16. The third-order valence-corrected chi connectivity index (χ3v) is 3.04. The van der Waals surface area contributed by atoms with Crippen LogP contribution in [-0.2, 0) is 0 Å². The molecule has 0 aliphatic carbocycles. The van der Waals surface area contributed by atoms with Crippen LogP contribution >= 0.6 is 0 Å². The van der Waals surface area contributed by atoms with Crippen molar-refractivity contribution in [2.45, 2.75) is 0 Å². The van der Waals surface area contributed by atoms with Crippen LogP contribution < -0.4 is 9.47 Å². The number of rotatable bonds is 3. The maximum absolute atomic E-state index is 5.32. The molecular formula is C15H13N3O2. The van der Waals surface area contributed by atoms with Crippen LogP contribution in [0.15, 0.2) is 42.7 Å². The summed E-state index contributed by atoms with van der Waals surface area (Å²) in [6, 6.07) is 10.3. The molecule has 3 aromatic rings. The lowest BCUT2D eigenvalue weighted by Crippen LogP contribution is -1.98. The van der Waals surface area contributed by atoms with E-state index < -0.39 is 0 Å². The first-order valence-electron chi connectivity index (χ1n) is 6.12. The van der Waals surface area contributed by atoms with Crippen molar-refractivity contribution in [3.05, 3.63) is 42.7 Å². The molecule has 0 atom stereocenters. The van der Waals surface area contributed by atoms with E-state index in [0.717, 1.165) is 22.0 Å². The van der Waals surface area contributed by atoms with Crippen molar-refractivity contribution in [1.29, 1.82) is 0 Å². The molecule has 0 radical (unpaired) electrons. The van der Waals surface area contributed by atoms with Gasteiger partial charge >= 0.3 is 6.01 Å². The van der Waals surface area contributed by atoms with Crippen molar-refractivity contribution >= 4 is 10.8 Å². The van der Waals surface area contributed by atoms with Crippen molar-refractivity contribution < 1.29 is 9.47 Å². The fourth-order valence-electron chi connectivity index (χ4n) is 2.10. The van der Waals surface area contributed by atoms with E-state index in [0.29, 0.717) is 5.88 Å². The molecule has 5 nitrogen and oxygen atoms in total. The van der Waals surface area contributed by atoms with Gasteiger partial charge in [0.1, 0.15) is 0 Å². The first-order valence-corrected chi connectivity index (χ1v) is 6.12. The number of benzene rings is 1. The fraction of sp³-hybridized carbons (Fsp3) is 0.133. The molecule has 0 aliphatic rings. The number of hydrogen-bond acceptors (Lipinski definition) is 5. The molecule has 0 unspecified atom stereocenters. The average molecular weight is 267 g/mol. The molecule has 2 heterocycles. The second-order valence-corrected chi connectivity index (χ2v) is 4.16. The number of pyridine rings is 1. The molecule has 0 bridgehead atoms. The van der Waals surface area contributed by atoms with E-state index in [2.05, 4.69) is 15.0 Å². The van der Waals surface area contributed by atoms with Gasteiger partial charge in [0.15, 0.2) is 0 Å². The van der Waals surface area contributed by atoms with Crippen LogP contribution in [0.5, 0.6) is 11.9 Å². The fourth-order valence-corrected chi connectivity index (χ4v) is 2.10. The Morgan fingerprint density at radius 3 is 2.60 bits per heavy atom. The first-order chi connectivity index (χ1) is 9.83. The molecular weight excluding hydrogens is 254 g/mol. The van der Waals surface area contributed by atoms with Crippen LogP contribution in [0, 0.1) is 0 Å². The van der Waals surface area contributed by atoms with E-state index in [1.165, 1.54) is 7.11 Å². The van der Waals surface area contributed by atoms with Gasteiger partial charge in [0, 0.05) is 17.8 Å². The number of fused-ring (bicyclic) bond motifs is 1. The SMILES string of the molecule is COc1ncc(-c2nccc3ccccc23)c(OC)n1. The molecule has 0 saturated carbocycles. The standard InChI is InChI=1S/C15H13N3O2/c1-19-14-12(9-17-15(18-14)20-2)13-11-6-4-3-5-10(11)7-8-16-13/h3-9H,1-2H3. The van der Waals surface area contributed by atoms with Crippen molar-refractivity contribution in [2.75, 3.05) is 14.2 Å². The molecule has 0 saturated heterocycles. The monoisotopic (exact) mass is 267 g/mol. The van der Waals surface area contributed by atoms with Crippen LogP contribution in [0.4, 0.5) is 0 Å². The molecule has 0 spiro atoms. The Balaban J connectivity index is 2.25. The summed E-state index contributed by atoms with van der Waals surface area (Å²) in [5.41, 5.74) is 1.53. The molecule has 1 aromatic carbocycles. The summed E-state index contributed by atoms with van der Waals surface area (Å²) in [4.78, 5) is 12.8. The minimum atomic E-state index is 0.269. The van der Waals surface area contributed by atoms with Crippen LogP contribution in [-0.4, -0.2) is 29.2 Å². The smallest absolute Gasteiger partial charge is 0.319 e. The van der Waals surface area contributed by atoms with Crippen LogP contribution in [0.3, 0.4) is 0 Å². The highest BCUT2D eigenvalue weighted by molar-refractivity contribution is 5.95. The highest BCUT2D eigenvalue weighted by Crippen LogP contribution is 2.32. The van der Waals surface area contributed by atoms with Gasteiger partial charge in [0.2, 0.25) is 5.88 Å². The summed E-state index contributed by atoms with van der Waals surface area (Å²) in [6.07, 6.45) is 3.43. The van der Waals surface area contributed by atoms with E-state index in [-0.39, 0.29) is 6.01 Å². The molecule has 5 heteroatoms. The van der Waals surface area contributed by atoms with Crippen molar-refractivity contribution in [1.82, 2.24) is 15.0 Å². The van der Waals surface area contributed by atoms with Gasteiger partial charge in [-0.15, -0.1) is 0 Å². The van der Waals surface area contributed by atoms with E-state index in [9.17, 15) is 0 Å². The summed E-state index contributed by atoms with van der Waals surface area (Å²) >= 11 is 0. The number of aromatic nitrogens is 3. The van der Waals surface area contributed by atoms with Gasteiger partial charge in [0.25, 0.3) is 0 Å². The zero-order valence-corrected chi connectivity index (χ0v) is 11.2. The number of methoxy groups -OCH3 is 2. The predicted octanol–water partition coefficient (Wildman–Crippen LogP) is 2.71. The van der Waals surface area contributed by atoms with E-state index in [1.54, 1.807) is 19.5 Å². The molecule has 20 heavy (non-hydrogen) atoms. The summed E-state index contributed by atoms with van der Waals surface area (Å²) in [6.45, 7) is 0. The van der Waals surface area contributed by atoms with E-state index in [4.69, 9.17) is 9.47 Å². The van der Waals surface area contributed by atoms with Crippen LogP contribution in [0.25, 0.3) is 22.0 Å². The molecule has 0 N–H and O–H groups in total. The second kappa shape index (κ2) is 5.13. The first kappa shape index (κ1) is 12.3. The Bertz CT molecular complexity index is 754. The van der Waals surface area contributed by atoms with Crippen molar-refractivity contribution in [2.24, 2.45) is 0 Å². The molecule has 100 valence electrons. The third kappa shape index (κ3) is 2.03. The lowest BCUT2D eigenvalue weighted by Gasteiger charge is -2.09. The molecule has 2 aromatic heterocycles. The van der Waals surface area contributed by atoms with Crippen LogP contribution in [0.2, 0.25) is 0 Å². The highest BCUT2D eigenvalue weighted by atomic mass is 16.5. The lowest BCUT2D eigenvalue weighted by atomic mass is 10.1. The normalized spacial score (nSPS) is 10.5. The van der Waals surface area contributed by atoms with Gasteiger partial charge in [-0.2, -0.15) is 4.98 Å². The maximum atomic E-state index is 5.32. The lowest BCUT2D eigenvalue weighted by molar-refractivity contribution is 0.353. The van der Waals surface area contributed by atoms with Crippen molar-refractivity contribution in [3.63, 3.8) is 0 Å².